The summed E-state index contributed by atoms with van der Waals surface area (Å²) in [7, 11) is 5.02. The predicted molar refractivity (Wildman–Crippen MR) is 111 cm³/mol. The minimum atomic E-state index is -0.851. The monoisotopic (exact) mass is 395 g/mol. The predicted octanol–water partition coefficient (Wildman–Crippen LogP) is 3.01. The summed E-state index contributed by atoms with van der Waals surface area (Å²) in [6.45, 7) is 2.38. The van der Waals surface area contributed by atoms with Crippen LogP contribution >= 0.6 is 0 Å². The van der Waals surface area contributed by atoms with E-state index in [4.69, 9.17) is 29.9 Å². The van der Waals surface area contributed by atoms with Gasteiger partial charge in [-0.3, -0.25) is 0 Å². The van der Waals surface area contributed by atoms with Crippen LogP contribution in [0.1, 0.15) is 25.0 Å². The highest BCUT2D eigenvalue weighted by Crippen LogP contribution is 2.53. The first kappa shape index (κ1) is 18.5. The van der Waals surface area contributed by atoms with Gasteiger partial charge in [0.1, 0.15) is 22.8 Å². The third-order valence-electron chi connectivity index (χ3n) is 6.78. The molecule has 2 N–H and O–H groups in total. The molecule has 0 radical (unpaired) electrons. The van der Waals surface area contributed by atoms with E-state index >= 15 is 0 Å². The molecule has 1 atom stereocenters. The lowest BCUT2D eigenvalue weighted by molar-refractivity contribution is -0.00300. The second-order valence-electron chi connectivity index (χ2n) is 7.94. The van der Waals surface area contributed by atoms with Gasteiger partial charge in [0, 0.05) is 50.6 Å². The molecule has 1 spiro atoms. The number of benzene rings is 1. The zero-order valence-corrected chi connectivity index (χ0v) is 17.2. The first-order valence-electron chi connectivity index (χ1n) is 10.1. The second kappa shape index (κ2) is 6.52. The maximum absolute atomic E-state index is 6.24. The van der Waals surface area contributed by atoms with Gasteiger partial charge in [-0.05, 0) is 6.07 Å². The van der Waals surface area contributed by atoms with E-state index in [-0.39, 0.29) is 0 Å². The number of nitrogens with two attached hydrogens (primary N) is 1. The minimum absolute atomic E-state index is 0.299. The number of fused-ring (bicyclic) bond motifs is 1. The summed E-state index contributed by atoms with van der Waals surface area (Å²) in [6, 6.07) is 6.37. The molecule has 1 aliphatic carbocycles. The fraction of sp³-hybridized carbons (Fsp3) is 0.455. The molecule has 152 valence electrons. The second-order valence-corrected chi connectivity index (χ2v) is 7.94. The van der Waals surface area contributed by atoms with Crippen LogP contribution in [0.3, 0.4) is 0 Å². The number of allylic oxidation sites excluding steroid dienone is 1. The van der Waals surface area contributed by atoms with Crippen molar-refractivity contribution in [2.24, 2.45) is 5.73 Å². The molecule has 3 aliphatic heterocycles. The van der Waals surface area contributed by atoms with Gasteiger partial charge in [0.15, 0.2) is 5.69 Å². The Labute approximate surface area is 170 Å². The van der Waals surface area contributed by atoms with Gasteiger partial charge < -0.3 is 19.9 Å². The first-order valence-corrected chi connectivity index (χ1v) is 10.1. The molecule has 1 aromatic heterocycles. The van der Waals surface area contributed by atoms with Gasteiger partial charge >= 0.3 is 5.95 Å². The molecular formula is C22H27N4O3+. The van der Waals surface area contributed by atoms with E-state index in [9.17, 15) is 0 Å². The summed E-state index contributed by atoms with van der Waals surface area (Å²) in [5, 5.41) is 1.07. The van der Waals surface area contributed by atoms with Gasteiger partial charge in [0.2, 0.25) is 0 Å². The van der Waals surface area contributed by atoms with E-state index in [2.05, 4.69) is 18.2 Å². The Kier molecular flexibility index (Phi) is 4.17. The lowest BCUT2D eigenvalue weighted by Gasteiger charge is -2.42. The first-order chi connectivity index (χ1) is 14.1. The Balaban J connectivity index is 1.82. The molecule has 6 rings (SSSR count). The molecule has 7 heteroatoms. The van der Waals surface area contributed by atoms with Gasteiger partial charge in [0.05, 0.1) is 38.2 Å². The van der Waals surface area contributed by atoms with E-state index in [0.29, 0.717) is 18.7 Å². The van der Waals surface area contributed by atoms with Crippen LogP contribution in [0.5, 0.6) is 0 Å². The van der Waals surface area contributed by atoms with Crippen LogP contribution in [-0.2, 0) is 19.8 Å². The summed E-state index contributed by atoms with van der Waals surface area (Å²) < 4.78 is 18.3. The quantitative estimate of drug-likeness (QED) is 0.784. The van der Waals surface area contributed by atoms with Crippen LogP contribution in [0.15, 0.2) is 41.4 Å². The van der Waals surface area contributed by atoms with Gasteiger partial charge in [0.25, 0.3) is 0 Å². The Morgan fingerprint density at radius 1 is 1.10 bits per heavy atom. The zero-order valence-electron chi connectivity index (χ0n) is 17.2. The maximum atomic E-state index is 6.24. The van der Waals surface area contributed by atoms with Gasteiger partial charge in [-0.1, -0.05) is 6.07 Å². The van der Waals surface area contributed by atoms with Crippen LogP contribution in [0, 0.1) is 0 Å². The Morgan fingerprint density at radius 3 is 2.55 bits per heavy atom. The average Bonchev–Trinajstić information content (AvgIpc) is 3.26. The van der Waals surface area contributed by atoms with Gasteiger partial charge in [-0.25, -0.2) is 4.48 Å². The minimum Gasteiger partial charge on any atom is -0.501 e. The number of aromatic nitrogens is 2. The normalized spacial score (nSPS) is 24.6. The largest absolute Gasteiger partial charge is 0.501 e. The molecule has 7 nitrogen and oxygen atoms in total. The standard InChI is InChI=1S/C22H27N4O3/c1-27-14-11-18(28-2)15(13-23)22(12-14,29-3)20-19-16-7-6-8-17(19)26(9-4-5-10-26)21(24-16)25-20/h6-8,11H,4-5,9-10,12-13,23H2,1-3H3/q+1. The maximum Gasteiger partial charge on any atom is 0.335 e. The number of quaternary nitrogens is 1. The lowest BCUT2D eigenvalue weighted by Crippen LogP contribution is -2.47. The number of hydrogen-bond acceptors (Lipinski definition) is 6. The highest BCUT2D eigenvalue weighted by Gasteiger charge is 2.52. The fourth-order valence-electron chi connectivity index (χ4n) is 5.35. The van der Waals surface area contributed by atoms with Crippen molar-refractivity contribution >= 4 is 22.5 Å². The zero-order chi connectivity index (χ0) is 20.2. The SMILES string of the molecule is COC1=CC(OC)=C(CN)C(OC)(c2nc3nc4cccc(c24)[N+]32CCCC2)C1. The number of hydrogen-bond donors (Lipinski definition) is 1. The molecule has 1 fully saturated rings. The van der Waals surface area contributed by atoms with Crippen LogP contribution in [0.25, 0.3) is 10.9 Å². The summed E-state index contributed by atoms with van der Waals surface area (Å²) in [4.78, 5) is 10.0. The highest BCUT2D eigenvalue weighted by molar-refractivity contribution is 5.98. The van der Waals surface area contributed by atoms with E-state index in [0.717, 1.165) is 51.5 Å². The van der Waals surface area contributed by atoms with E-state index in [1.807, 2.05) is 6.08 Å². The summed E-state index contributed by atoms with van der Waals surface area (Å²) >= 11 is 0. The third kappa shape index (κ3) is 2.29. The molecule has 2 aromatic rings. The van der Waals surface area contributed by atoms with Crippen LogP contribution < -0.4 is 10.2 Å². The van der Waals surface area contributed by atoms with Crippen molar-refractivity contribution in [3.05, 3.63) is 47.1 Å². The average molecular weight is 395 g/mol. The van der Waals surface area contributed by atoms with Crippen molar-refractivity contribution in [3.63, 3.8) is 0 Å². The third-order valence-corrected chi connectivity index (χ3v) is 6.78. The molecule has 4 aliphatic rings. The molecule has 29 heavy (non-hydrogen) atoms. The van der Waals surface area contributed by atoms with Crippen molar-refractivity contribution in [2.45, 2.75) is 24.9 Å². The molecule has 1 unspecified atom stereocenters. The van der Waals surface area contributed by atoms with Gasteiger partial charge in [-0.15, -0.1) is 0 Å². The molecule has 4 bridgehead atoms. The molecule has 1 aromatic carbocycles. The summed E-state index contributed by atoms with van der Waals surface area (Å²) in [5.74, 6) is 2.31. The number of nitrogens with zero attached hydrogens (tertiary/aromatic N) is 3. The Hall–Kier alpha value is -2.48. The molecule has 0 amide bonds. The Morgan fingerprint density at radius 2 is 1.90 bits per heavy atom. The van der Waals surface area contributed by atoms with Crippen LogP contribution in [-0.4, -0.2) is 50.9 Å². The smallest absolute Gasteiger partial charge is 0.335 e. The van der Waals surface area contributed by atoms with Crippen molar-refractivity contribution in [1.82, 2.24) is 14.5 Å². The van der Waals surface area contributed by atoms with Crippen molar-refractivity contribution in [2.75, 3.05) is 41.0 Å². The van der Waals surface area contributed by atoms with Crippen LogP contribution in [0.2, 0.25) is 0 Å². The van der Waals surface area contributed by atoms with E-state index < -0.39 is 5.60 Å². The van der Waals surface area contributed by atoms with Crippen molar-refractivity contribution in [1.29, 1.82) is 0 Å². The lowest BCUT2D eigenvalue weighted by atomic mass is 9.79. The van der Waals surface area contributed by atoms with Crippen LogP contribution in [0.4, 0.5) is 11.6 Å². The molecule has 1 saturated heterocycles. The number of methoxy groups -OCH3 is 3. The summed E-state index contributed by atoms with van der Waals surface area (Å²) in [5.41, 5.74) is 9.34. The fourth-order valence-corrected chi connectivity index (χ4v) is 5.35. The molecular weight excluding hydrogens is 368 g/mol. The van der Waals surface area contributed by atoms with E-state index in [1.165, 1.54) is 18.5 Å². The van der Waals surface area contributed by atoms with E-state index in [1.54, 1.807) is 21.3 Å². The molecule has 0 saturated carbocycles. The molecule has 4 heterocycles. The van der Waals surface area contributed by atoms with Gasteiger partial charge in [-0.2, -0.15) is 9.97 Å². The number of ether oxygens (including phenoxy) is 3. The summed E-state index contributed by atoms with van der Waals surface area (Å²) in [6.07, 6.45) is 4.77. The highest BCUT2D eigenvalue weighted by atomic mass is 16.5. The Bertz CT molecular complexity index is 1060. The van der Waals surface area contributed by atoms with Crippen molar-refractivity contribution < 1.29 is 14.2 Å². The topological polar surface area (TPSA) is 79.5 Å². The number of rotatable bonds is 5. The van der Waals surface area contributed by atoms with Crippen molar-refractivity contribution in [3.8, 4) is 0 Å².